The number of aryl methyl sites for hydroxylation is 1. The van der Waals surface area contributed by atoms with Crippen LogP contribution < -0.4 is 14.5 Å². The van der Waals surface area contributed by atoms with Gasteiger partial charge in [-0.2, -0.15) is 0 Å². The zero-order chi connectivity index (χ0) is 28.8. The number of aromatic nitrogens is 5. The summed E-state index contributed by atoms with van der Waals surface area (Å²) in [5, 5.41) is 17.9. The molecule has 0 unspecified atom stereocenters. The summed E-state index contributed by atoms with van der Waals surface area (Å²) in [5.74, 6) is -2.65. The third-order valence-electron chi connectivity index (χ3n) is 8.35. The van der Waals surface area contributed by atoms with Crippen molar-refractivity contribution in [2.24, 2.45) is 5.41 Å². The van der Waals surface area contributed by atoms with E-state index in [-0.39, 0.29) is 31.7 Å². The Morgan fingerprint density at radius 2 is 1.63 bits per heavy atom. The number of sulfonamides is 1. The number of piperidine rings is 2. The van der Waals surface area contributed by atoms with Crippen molar-refractivity contribution >= 4 is 27.3 Å². The summed E-state index contributed by atoms with van der Waals surface area (Å²) in [5.41, 5.74) is 4.18. The van der Waals surface area contributed by atoms with Crippen LogP contribution in [0, 0.1) is 12.3 Å². The third kappa shape index (κ3) is 6.13. The fourth-order valence-corrected chi connectivity index (χ4v) is 6.47. The molecule has 2 N–H and O–H groups in total. The van der Waals surface area contributed by atoms with E-state index in [1.165, 1.54) is 12.8 Å². The Kier molecular flexibility index (Phi) is 7.09. The lowest BCUT2D eigenvalue weighted by atomic mass is 9.93. The van der Waals surface area contributed by atoms with Crippen molar-refractivity contribution < 1.29 is 22.3 Å². The third-order valence-corrected chi connectivity index (χ3v) is 9.62. The minimum atomic E-state index is -3.69. The maximum atomic E-state index is 13.7. The van der Waals surface area contributed by atoms with E-state index in [4.69, 9.17) is 5.11 Å². The fraction of sp³-hybridized carbons (Fsp3) is 0.556. The maximum absolute atomic E-state index is 13.7. The molecule has 1 saturated carbocycles. The molecule has 0 atom stereocenters. The molecule has 0 bridgehead atoms. The quantitative estimate of drug-likeness (QED) is 0.407. The molecule has 0 amide bonds. The van der Waals surface area contributed by atoms with E-state index in [9.17, 15) is 17.2 Å². The van der Waals surface area contributed by atoms with Crippen molar-refractivity contribution in [3.63, 3.8) is 0 Å². The summed E-state index contributed by atoms with van der Waals surface area (Å²) >= 11 is 0. The fourth-order valence-electron chi connectivity index (χ4n) is 5.64. The van der Waals surface area contributed by atoms with E-state index in [2.05, 4.69) is 29.9 Å². The van der Waals surface area contributed by atoms with Gasteiger partial charge in [0.25, 0.3) is 5.92 Å². The van der Waals surface area contributed by atoms with Crippen molar-refractivity contribution in [2.45, 2.75) is 51.4 Å². The van der Waals surface area contributed by atoms with Gasteiger partial charge in [-0.15, -0.1) is 5.10 Å². The summed E-state index contributed by atoms with van der Waals surface area (Å²) in [6, 6.07) is 7.06. The predicted molar refractivity (Wildman–Crippen MR) is 151 cm³/mol. The van der Waals surface area contributed by atoms with Gasteiger partial charge in [-0.05, 0) is 62.3 Å². The van der Waals surface area contributed by atoms with E-state index in [1.807, 2.05) is 6.92 Å². The second-order valence-corrected chi connectivity index (χ2v) is 13.3. The minimum Gasteiger partial charge on any atom is -0.395 e. The van der Waals surface area contributed by atoms with Crippen LogP contribution >= 0.6 is 0 Å². The Hall–Kier alpha value is -3.39. The zero-order valence-corrected chi connectivity index (χ0v) is 23.7. The summed E-state index contributed by atoms with van der Waals surface area (Å²) < 4.78 is 56.3. The molecule has 6 rings (SSSR count). The highest BCUT2D eigenvalue weighted by atomic mass is 32.2. The van der Waals surface area contributed by atoms with E-state index in [1.54, 1.807) is 40.0 Å². The molecule has 2 aromatic heterocycles. The minimum absolute atomic E-state index is 0.178. The Morgan fingerprint density at radius 3 is 2.32 bits per heavy atom. The lowest BCUT2D eigenvalue weighted by molar-refractivity contribution is -0.0222. The first-order valence-electron chi connectivity index (χ1n) is 14.0. The SMILES string of the molecule is Cc1cc(-c2cn(-c3ccc(NS(=O)(=O)CCO)cc3N3CCC4(CC3)CC4)nn2)nc(N2CCC(F)(F)CC2)n1. The Morgan fingerprint density at radius 1 is 0.927 bits per heavy atom. The number of nitrogens with one attached hydrogen (secondary N) is 1. The summed E-state index contributed by atoms with van der Waals surface area (Å²) in [6.45, 7) is 3.42. The first-order chi connectivity index (χ1) is 19.5. The van der Waals surface area contributed by atoms with Crippen molar-refractivity contribution in [3.8, 4) is 17.1 Å². The Bertz CT molecular complexity index is 1520. The van der Waals surface area contributed by atoms with Gasteiger partial charge in [0.1, 0.15) is 5.69 Å². The van der Waals surface area contributed by atoms with Crippen LogP contribution in [0.2, 0.25) is 0 Å². The van der Waals surface area contributed by atoms with E-state index in [0.29, 0.717) is 34.1 Å². The first kappa shape index (κ1) is 27.8. The zero-order valence-electron chi connectivity index (χ0n) is 22.9. The Labute approximate surface area is 237 Å². The van der Waals surface area contributed by atoms with Gasteiger partial charge in [0.15, 0.2) is 0 Å². The molecule has 2 aliphatic heterocycles. The smallest absolute Gasteiger partial charge is 0.251 e. The van der Waals surface area contributed by atoms with E-state index >= 15 is 0 Å². The van der Waals surface area contributed by atoms with Crippen LogP contribution in [0.5, 0.6) is 0 Å². The van der Waals surface area contributed by atoms with E-state index in [0.717, 1.165) is 37.3 Å². The number of alkyl halides is 2. The molecule has 4 heterocycles. The van der Waals surface area contributed by atoms with Gasteiger partial charge in [0, 0.05) is 44.7 Å². The topological polar surface area (TPSA) is 129 Å². The molecule has 11 nitrogen and oxygen atoms in total. The molecule has 1 spiro atoms. The van der Waals surface area contributed by atoms with Gasteiger partial charge < -0.3 is 14.9 Å². The summed E-state index contributed by atoms with van der Waals surface area (Å²) in [4.78, 5) is 13.1. The number of rotatable bonds is 8. The molecule has 3 fully saturated rings. The largest absolute Gasteiger partial charge is 0.395 e. The predicted octanol–water partition coefficient (Wildman–Crippen LogP) is 3.38. The highest BCUT2D eigenvalue weighted by molar-refractivity contribution is 7.92. The molecule has 220 valence electrons. The van der Waals surface area contributed by atoms with Crippen molar-refractivity contribution in [3.05, 3.63) is 36.2 Å². The average molecular weight is 589 g/mol. The average Bonchev–Trinajstić information content (AvgIpc) is 3.48. The van der Waals surface area contributed by atoms with Crippen LogP contribution in [0.3, 0.4) is 0 Å². The second kappa shape index (κ2) is 10.5. The van der Waals surface area contributed by atoms with Crippen LogP contribution in [0.25, 0.3) is 17.1 Å². The van der Waals surface area contributed by atoms with Crippen LogP contribution in [0.1, 0.15) is 44.2 Å². The lowest BCUT2D eigenvalue weighted by Crippen LogP contribution is -2.40. The molecule has 1 aromatic carbocycles. The lowest BCUT2D eigenvalue weighted by Gasteiger charge is -2.35. The molecule has 41 heavy (non-hydrogen) atoms. The number of hydrogen-bond acceptors (Lipinski definition) is 9. The van der Waals surface area contributed by atoms with Gasteiger partial charge in [0.2, 0.25) is 16.0 Å². The molecule has 3 aliphatic rings. The summed E-state index contributed by atoms with van der Waals surface area (Å²) in [6.07, 6.45) is 5.99. The first-order valence-corrected chi connectivity index (χ1v) is 15.6. The van der Waals surface area contributed by atoms with Crippen LogP contribution in [0.15, 0.2) is 30.5 Å². The number of hydrogen-bond donors (Lipinski definition) is 2. The van der Waals surface area contributed by atoms with Gasteiger partial charge in [-0.3, -0.25) is 4.72 Å². The van der Waals surface area contributed by atoms with Gasteiger partial charge in [0.05, 0.1) is 41.3 Å². The Balaban J connectivity index is 1.30. The number of aliphatic hydroxyl groups is 1. The molecule has 2 saturated heterocycles. The molecular formula is C27H34F2N8O3S. The van der Waals surface area contributed by atoms with Gasteiger partial charge >= 0.3 is 0 Å². The number of nitrogens with zero attached hydrogens (tertiary/aromatic N) is 7. The summed E-state index contributed by atoms with van der Waals surface area (Å²) in [7, 11) is -3.69. The normalized spacial score (nSPS) is 19.9. The monoisotopic (exact) mass is 588 g/mol. The standard InChI is InChI=1S/C27H34F2N8O3S/c1-19-16-21(31-25(30-19)36-12-8-27(28,29)9-13-36)22-18-37(34-32-22)23-3-2-20(33-41(39,40)15-14-38)17-24(23)35-10-6-26(4-5-26)7-11-35/h2-3,16-18,33,38H,4-15H2,1H3. The van der Waals surface area contributed by atoms with Crippen LogP contribution in [-0.4, -0.2) is 82.9 Å². The van der Waals surface area contributed by atoms with Crippen molar-refractivity contribution in [1.82, 2.24) is 25.0 Å². The van der Waals surface area contributed by atoms with Gasteiger partial charge in [-0.25, -0.2) is 31.8 Å². The van der Waals surface area contributed by atoms with Crippen LogP contribution in [0.4, 0.5) is 26.1 Å². The molecular weight excluding hydrogens is 554 g/mol. The molecule has 1 aliphatic carbocycles. The number of aliphatic hydroxyl groups excluding tert-OH is 1. The highest BCUT2D eigenvalue weighted by Gasteiger charge is 2.44. The highest BCUT2D eigenvalue weighted by Crippen LogP contribution is 2.54. The van der Waals surface area contributed by atoms with E-state index < -0.39 is 22.6 Å². The molecule has 3 aromatic rings. The molecule has 0 radical (unpaired) electrons. The van der Waals surface area contributed by atoms with Crippen molar-refractivity contribution in [1.29, 1.82) is 0 Å². The van der Waals surface area contributed by atoms with Crippen molar-refractivity contribution in [2.75, 3.05) is 53.1 Å². The number of halogens is 2. The maximum Gasteiger partial charge on any atom is 0.251 e. The second-order valence-electron chi connectivity index (χ2n) is 11.4. The van der Waals surface area contributed by atoms with Gasteiger partial charge in [-0.1, -0.05) is 5.21 Å². The number of benzene rings is 1. The molecule has 14 heteroatoms. The number of anilines is 3. The van der Waals surface area contributed by atoms with Crippen LogP contribution in [-0.2, 0) is 10.0 Å².